The van der Waals surface area contributed by atoms with Crippen molar-refractivity contribution in [3.8, 4) is 0 Å². The second-order valence-electron chi connectivity index (χ2n) is 6.05. The Hall–Kier alpha value is -1.09. The van der Waals surface area contributed by atoms with Crippen molar-refractivity contribution in [3.63, 3.8) is 0 Å². The van der Waals surface area contributed by atoms with Crippen molar-refractivity contribution in [2.24, 2.45) is 5.41 Å². The van der Waals surface area contributed by atoms with Gasteiger partial charge in [0.15, 0.2) is 0 Å². The first kappa shape index (κ1) is 15.3. The number of anilines is 1. The van der Waals surface area contributed by atoms with Crippen molar-refractivity contribution in [1.29, 1.82) is 0 Å². The first-order valence-corrected chi connectivity index (χ1v) is 7.74. The van der Waals surface area contributed by atoms with Gasteiger partial charge in [-0.3, -0.25) is 0 Å². The fourth-order valence-corrected chi connectivity index (χ4v) is 3.36. The van der Waals surface area contributed by atoms with Gasteiger partial charge in [0.25, 0.3) is 0 Å². The fraction of sp³-hybridized carbons (Fsp3) is 0.647. The van der Waals surface area contributed by atoms with E-state index >= 15 is 0 Å². The van der Waals surface area contributed by atoms with Gasteiger partial charge in [-0.15, -0.1) is 0 Å². The first-order valence-electron chi connectivity index (χ1n) is 7.74. The molecule has 1 N–H and O–H groups in total. The largest absolute Gasteiger partial charge is 0.389 e. The summed E-state index contributed by atoms with van der Waals surface area (Å²) in [5.41, 5.74) is 1.72. The Kier molecular flexibility index (Phi) is 4.69. The molecule has 1 saturated heterocycles. The molecule has 1 atom stereocenters. The highest BCUT2D eigenvalue weighted by Gasteiger charge is 2.32. The summed E-state index contributed by atoms with van der Waals surface area (Å²) >= 11 is 0. The third-order valence-corrected chi connectivity index (χ3v) is 5.11. The van der Waals surface area contributed by atoms with Crippen LogP contribution in [-0.4, -0.2) is 18.2 Å². The van der Waals surface area contributed by atoms with E-state index < -0.39 is 6.10 Å². The number of rotatable bonds is 4. The number of piperidine rings is 1. The molecule has 0 saturated carbocycles. The standard InChI is InChI=1S/C17H26FNO/c1-4-17(5-2)9-11-19(12-10-17)16-14(13(3)20)7-6-8-15(16)18/h6-8,13,20H,4-5,9-12H2,1-3H3/t13-/m0/s1. The molecule has 1 fully saturated rings. The molecule has 1 aromatic carbocycles. The summed E-state index contributed by atoms with van der Waals surface area (Å²) in [4.78, 5) is 2.11. The summed E-state index contributed by atoms with van der Waals surface area (Å²) in [5, 5.41) is 9.86. The number of hydrogen-bond acceptors (Lipinski definition) is 2. The highest BCUT2D eigenvalue weighted by molar-refractivity contribution is 5.56. The zero-order valence-corrected chi connectivity index (χ0v) is 12.8. The number of benzene rings is 1. The van der Waals surface area contributed by atoms with Gasteiger partial charge in [0, 0.05) is 18.7 Å². The average Bonchev–Trinajstić information content (AvgIpc) is 2.47. The third-order valence-electron chi connectivity index (χ3n) is 5.11. The zero-order valence-electron chi connectivity index (χ0n) is 12.8. The van der Waals surface area contributed by atoms with Crippen molar-refractivity contribution < 1.29 is 9.50 Å². The van der Waals surface area contributed by atoms with Gasteiger partial charge in [-0.2, -0.15) is 0 Å². The van der Waals surface area contributed by atoms with E-state index in [1.54, 1.807) is 13.0 Å². The molecule has 1 aliphatic heterocycles. The van der Waals surface area contributed by atoms with E-state index in [9.17, 15) is 9.50 Å². The van der Waals surface area contributed by atoms with E-state index in [2.05, 4.69) is 18.7 Å². The fourth-order valence-electron chi connectivity index (χ4n) is 3.36. The normalized spacial score (nSPS) is 19.9. The third kappa shape index (κ3) is 2.83. The maximum absolute atomic E-state index is 14.2. The van der Waals surface area contributed by atoms with Gasteiger partial charge in [0.2, 0.25) is 0 Å². The lowest BCUT2D eigenvalue weighted by Crippen LogP contribution is -2.40. The minimum Gasteiger partial charge on any atom is -0.389 e. The van der Waals surface area contributed by atoms with Crippen molar-refractivity contribution in [1.82, 2.24) is 0 Å². The number of hydrogen-bond donors (Lipinski definition) is 1. The monoisotopic (exact) mass is 279 g/mol. The predicted octanol–water partition coefficient (Wildman–Crippen LogP) is 4.29. The summed E-state index contributed by atoms with van der Waals surface area (Å²) in [6.07, 6.45) is 3.96. The number of aliphatic hydroxyl groups is 1. The SMILES string of the molecule is CCC1(CC)CCN(c2c(F)cccc2[C@H](C)O)CC1. The van der Waals surface area contributed by atoms with Gasteiger partial charge >= 0.3 is 0 Å². The highest BCUT2D eigenvalue weighted by Crippen LogP contribution is 2.40. The second kappa shape index (κ2) is 6.13. The van der Waals surface area contributed by atoms with E-state index in [1.165, 1.54) is 18.9 Å². The number of nitrogens with zero attached hydrogens (tertiary/aromatic N) is 1. The Morgan fingerprint density at radius 3 is 2.35 bits per heavy atom. The van der Waals surface area contributed by atoms with Crippen LogP contribution in [0.5, 0.6) is 0 Å². The van der Waals surface area contributed by atoms with E-state index in [0.717, 1.165) is 25.9 Å². The molecule has 3 heteroatoms. The molecule has 0 amide bonds. The van der Waals surface area contributed by atoms with Gasteiger partial charge in [-0.1, -0.05) is 38.8 Å². The van der Waals surface area contributed by atoms with Crippen LogP contribution in [0, 0.1) is 11.2 Å². The molecule has 20 heavy (non-hydrogen) atoms. The van der Waals surface area contributed by atoms with Crippen molar-refractivity contribution >= 4 is 5.69 Å². The van der Waals surface area contributed by atoms with Crippen molar-refractivity contribution in [2.45, 2.75) is 52.6 Å². The summed E-state index contributed by atoms with van der Waals surface area (Å²) in [7, 11) is 0. The molecule has 0 aliphatic carbocycles. The molecule has 112 valence electrons. The van der Waals surface area contributed by atoms with Crippen LogP contribution < -0.4 is 4.90 Å². The number of aliphatic hydroxyl groups excluding tert-OH is 1. The molecule has 2 rings (SSSR count). The Morgan fingerprint density at radius 1 is 1.25 bits per heavy atom. The van der Waals surface area contributed by atoms with Gasteiger partial charge in [-0.05, 0) is 31.2 Å². The first-order chi connectivity index (χ1) is 9.53. The Labute approximate surface area is 121 Å². The van der Waals surface area contributed by atoms with E-state index in [4.69, 9.17) is 0 Å². The maximum Gasteiger partial charge on any atom is 0.146 e. The van der Waals surface area contributed by atoms with Crippen LogP contribution in [0.2, 0.25) is 0 Å². The molecule has 1 heterocycles. The lowest BCUT2D eigenvalue weighted by Gasteiger charge is -2.42. The predicted molar refractivity (Wildman–Crippen MR) is 81.5 cm³/mol. The Balaban J connectivity index is 2.23. The molecule has 1 aromatic rings. The number of para-hydroxylation sites is 1. The van der Waals surface area contributed by atoms with Crippen LogP contribution in [0.4, 0.5) is 10.1 Å². The minimum absolute atomic E-state index is 0.219. The van der Waals surface area contributed by atoms with Crippen LogP contribution >= 0.6 is 0 Å². The maximum atomic E-state index is 14.2. The Bertz CT molecular complexity index is 444. The minimum atomic E-state index is -0.635. The quantitative estimate of drug-likeness (QED) is 0.889. The van der Waals surface area contributed by atoms with Gasteiger partial charge in [0.05, 0.1) is 11.8 Å². The highest BCUT2D eigenvalue weighted by atomic mass is 19.1. The molecule has 0 unspecified atom stereocenters. The molecule has 0 aromatic heterocycles. The van der Waals surface area contributed by atoms with Crippen LogP contribution in [0.25, 0.3) is 0 Å². The molecule has 1 aliphatic rings. The molecular weight excluding hydrogens is 253 g/mol. The van der Waals surface area contributed by atoms with Crippen molar-refractivity contribution in [3.05, 3.63) is 29.6 Å². The summed E-state index contributed by atoms with van der Waals surface area (Å²) in [6, 6.07) is 4.99. The zero-order chi connectivity index (χ0) is 14.8. The number of halogens is 1. The second-order valence-corrected chi connectivity index (χ2v) is 6.05. The molecule has 2 nitrogen and oxygen atoms in total. The van der Waals surface area contributed by atoms with Crippen molar-refractivity contribution in [2.75, 3.05) is 18.0 Å². The van der Waals surface area contributed by atoms with E-state index in [1.807, 2.05) is 6.07 Å². The van der Waals surface area contributed by atoms with Gasteiger partial charge in [0.1, 0.15) is 5.82 Å². The average molecular weight is 279 g/mol. The summed E-state index contributed by atoms with van der Waals surface area (Å²) in [5.74, 6) is -0.219. The molecular formula is C17H26FNO. The lowest BCUT2D eigenvalue weighted by atomic mass is 9.74. The van der Waals surface area contributed by atoms with Gasteiger partial charge < -0.3 is 10.0 Å². The van der Waals surface area contributed by atoms with Gasteiger partial charge in [-0.25, -0.2) is 4.39 Å². The van der Waals surface area contributed by atoms with Crippen LogP contribution in [0.1, 0.15) is 58.1 Å². The van der Waals surface area contributed by atoms with E-state index in [-0.39, 0.29) is 5.82 Å². The summed E-state index contributed by atoms with van der Waals surface area (Å²) < 4.78 is 14.2. The smallest absolute Gasteiger partial charge is 0.146 e. The molecule has 0 radical (unpaired) electrons. The van der Waals surface area contributed by atoms with Crippen LogP contribution in [0.15, 0.2) is 18.2 Å². The topological polar surface area (TPSA) is 23.5 Å². The molecule has 0 bridgehead atoms. The Morgan fingerprint density at radius 2 is 1.85 bits per heavy atom. The lowest BCUT2D eigenvalue weighted by molar-refractivity contribution is 0.192. The summed E-state index contributed by atoms with van der Waals surface area (Å²) in [6.45, 7) is 7.96. The van der Waals surface area contributed by atoms with Crippen LogP contribution in [-0.2, 0) is 0 Å². The van der Waals surface area contributed by atoms with E-state index in [0.29, 0.717) is 16.7 Å². The van der Waals surface area contributed by atoms with Crippen LogP contribution in [0.3, 0.4) is 0 Å². The molecule has 0 spiro atoms.